The van der Waals surface area contributed by atoms with Crippen LogP contribution in [0.25, 0.3) is 98.5 Å². The van der Waals surface area contributed by atoms with Crippen molar-refractivity contribution in [1.82, 2.24) is 13.7 Å². The highest BCUT2D eigenvalue weighted by atomic mass is 15.1. The number of hydrogen-bond acceptors (Lipinski definition) is 1. The molecule has 0 atom stereocenters. The normalized spacial score (nSPS) is 11.6. The van der Waals surface area contributed by atoms with Crippen LogP contribution in [0.2, 0.25) is 0 Å². The van der Waals surface area contributed by atoms with Crippen molar-refractivity contribution in [2.24, 2.45) is 0 Å². The van der Waals surface area contributed by atoms with Gasteiger partial charge in [0.2, 0.25) is 5.69 Å². The number of fused-ring (bicyclic) bond motifs is 9. The molecule has 11 rings (SSSR count). The van der Waals surface area contributed by atoms with E-state index in [4.69, 9.17) is 6.57 Å². The van der Waals surface area contributed by atoms with Gasteiger partial charge in [-0.1, -0.05) is 121 Å². The van der Waals surface area contributed by atoms with Crippen LogP contribution in [-0.4, -0.2) is 13.7 Å². The molecular weight excluding hydrogens is 671 g/mol. The van der Waals surface area contributed by atoms with Gasteiger partial charge < -0.3 is 13.7 Å². The molecule has 3 aromatic heterocycles. The number of para-hydroxylation sites is 6. The molecule has 0 spiro atoms. The van der Waals surface area contributed by atoms with Crippen LogP contribution in [0, 0.1) is 17.9 Å². The fraction of sp³-hybridized carbons (Fsp3) is 0. The zero-order valence-electron chi connectivity index (χ0n) is 29.5. The molecule has 0 N–H and O–H groups in total. The second kappa shape index (κ2) is 11.8. The van der Waals surface area contributed by atoms with Crippen molar-refractivity contribution in [2.75, 3.05) is 0 Å². The highest BCUT2D eigenvalue weighted by Crippen LogP contribution is 2.41. The Balaban J connectivity index is 1.11. The van der Waals surface area contributed by atoms with Crippen LogP contribution in [0.15, 0.2) is 176 Å². The first-order valence-corrected chi connectivity index (χ1v) is 18.3. The van der Waals surface area contributed by atoms with E-state index in [1.807, 2.05) is 36.4 Å². The van der Waals surface area contributed by atoms with Crippen LogP contribution in [-0.2, 0) is 0 Å². The van der Waals surface area contributed by atoms with Crippen molar-refractivity contribution in [3.05, 3.63) is 193 Å². The summed E-state index contributed by atoms with van der Waals surface area (Å²) in [6.07, 6.45) is 0. The van der Waals surface area contributed by atoms with E-state index in [9.17, 15) is 5.26 Å². The maximum Gasteiger partial charge on any atom is 0.210 e. The molecular formula is C50H29N5. The van der Waals surface area contributed by atoms with E-state index < -0.39 is 0 Å². The molecule has 0 aliphatic carbocycles. The predicted octanol–water partition coefficient (Wildman–Crippen LogP) is 13.1. The topological polar surface area (TPSA) is 42.9 Å². The minimum atomic E-state index is 0.527. The first-order valence-electron chi connectivity index (χ1n) is 18.3. The maximum atomic E-state index is 10.2. The van der Waals surface area contributed by atoms with E-state index in [1.165, 1.54) is 32.6 Å². The Hall–Kier alpha value is -7.86. The van der Waals surface area contributed by atoms with Gasteiger partial charge in [-0.25, -0.2) is 4.85 Å². The molecule has 5 nitrogen and oxygen atoms in total. The lowest BCUT2D eigenvalue weighted by atomic mass is 10.0. The zero-order valence-corrected chi connectivity index (χ0v) is 29.5. The quantitative estimate of drug-likeness (QED) is 0.169. The van der Waals surface area contributed by atoms with Crippen LogP contribution in [0.4, 0.5) is 5.69 Å². The molecule has 0 bridgehead atoms. The fourth-order valence-corrected chi connectivity index (χ4v) is 8.77. The third kappa shape index (κ3) is 4.39. The standard InChI is InChI=1S/C50H29N5/c1-52-42-29-26-33(30-48(42)55-46-22-9-5-15-38(46)40-17-10-12-34(31-51)49(40)55)32-24-27-35(28-25-32)53-43-19-6-4-16-39(43)41-18-11-23-47(50(41)53)54-44-20-7-2-13-36(44)37-14-3-8-21-45(37)54/h2-30H. The van der Waals surface area contributed by atoms with Gasteiger partial charge >= 0.3 is 0 Å². The van der Waals surface area contributed by atoms with Crippen LogP contribution in [0.5, 0.6) is 0 Å². The average molecular weight is 700 g/mol. The van der Waals surface area contributed by atoms with Crippen LogP contribution in [0.3, 0.4) is 0 Å². The van der Waals surface area contributed by atoms with Crippen LogP contribution < -0.4 is 0 Å². The molecule has 0 saturated heterocycles. The lowest BCUT2D eigenvalue weighted by Crippen LogP contribution is -2.00. The summed E-state index contributed by atoms with van der Waals surface area (Å²) in [6, 6.07) is 63.7. The number of benzene rings is 8. The van der Waals surface area contributed by atoms with E-state index in [2.05, 4.69) is 164 Å². The predicted molar refractivity (Wildman–Crippen MR) is 226 cm³/mol. The van der Waals surface area contributed by atoms with Gasteiger partial charge in [0.1, 0.15) is 6.07 Å². The van der Waals surface area contributed by atoms with Gasteiger partial charge in [0.25, 0.3) is 0 Å². The Labute approximate surface area is 316 Å². The smallest absolute Gasteiger partial charge is 0.210 e. The Kier molecular flexibility index (Phi) is 6.61. The van der Waals surface area contributed by atoms with Crippen molar-refractivity contribution in [3.63, 3.8) is 0 Å². The summed E-state index contributed by atoms with van der Waals surface area (Å²) in [6.45, 7) is 8.12. The Morgan fingerprint density at radius 1 is 0.418 bits per heavy atom. The van der Waals surface area contributed by atoms with Gasteiger partial charge in [0, 0.05) is 38.0 Å². The summed E-state index contributed by atoms with van der Waals surface area (Å²) in [5.41, 5.74) is 12.5. The van der Waals surface area contributed by atoms with E-state index in [1.54, 1.807) is 0 Å². The minimum absolute atomic E-state index is 0.527. The highest BCUT2D eigenvalue weighted by Gasteiger charge is 2.21. The second-order valence-electron chi connectivity index (χ2n) is 13.9. The Bertz CT molecular complexity index is 3400. The van der Waals surface area contributed by atoms with Gasteiger partial charge in [-0.3, -0.25) is 0 Å². The van der Waals surface area contributed by atoms with Crippen LogP contribution in [0.1, 0.15) is 5.56 Å². The summed E-state index contributed by atoms with van der Waals surface area (Å²) >= 11 is 0. The highest BCUT2D eigenvalue weighted by molar-refractivity contribution is 6.15. The number of rotatable bonds is 4. The molecule has 8 aromatic carbocycles. The number of nitriles is 1. The number of aromatic nitrogens is 3. The lowest BCUT2D eigenvalue weighted by molar-refractivity contribution is 1.13. The Morgan fingerprint density at radius 3 is 1.51 bits per heavy atom. The SMILES string of the molecule is [C-]#[N+]c1ccc(-c2ccc(-n3c4ccccc4c4cccc(-n5c6ccccc6c6ccccc65)c43)cc2)cc1-n1c2ccccc2c2cccc(C#N)c21. The van der Waals surface area contributed by atoms with Crippen LogP contribution >= 0.6 is 0 Å². The molecule has 0 aliphatic rings. The molecule has 11 aromatic rings. The van der Waals surface area contributed by atoms with Gasteiger partial charge in [0.15, 0.2) is 0 Å². The third-order valence-corrected chi connectivity index (χ3v) is 11.1. The van der Waals surface area contributed by atoms with E-state index >= 15 is 0 Å². The van der Waals surface area contributed by atoms with Gasteiger partial charge in [-0.2, -0.15) is 5.26 Å². The summed E-state index contributed by atoms with van der Waals surface area (Å²) in [7, 11) is 0. The molecule has 5 heteroatoms. The fourth-order valence-electron chi connectivity index (χ4n) is 8.77. The lowest BCUT2D eigenvalue weighted by Gasteiger charge is -2.15. The molecule has 0 unspecified atom stereocenters. The largest absolute Gasteiger partial charge is 0.318 e. The van der Waals surface area contributed by atoms with Gasteiger partial charge in [0.05, 0.1) is 56.6 Å². The van der Waals surface area contributed by atoms with Gasteiger partial charge in [-0.05, 0) is 65.7 Å². The second-order valence-corrected chi connectivity index (χ2v) is 13.9. The van der Waals surface area contributed by atoms with E-state index in [0.717, 1.165) is 61.0 Å². The number of nitrogens with zero attached hydrogens (tertiary/aromatic N) is 5. The Morgan fingerprint density at radius 2 is 0.909 bits per heavy atom. The molecule has 0 radical (unpaired) electrons. The summed E-state index contributed by atoms with van der Waals surface area (Å²) in [5, 5.41) is 17.1. The third-order valence-electron chi connectivity index (χ3n) is 11.1. The summed E-state index contributed by atoms with van der Waals surface area (Å²) < 4.78 is 6.88. The van der Waals surface area contributed by atoms with Crippen molar-refractivity contribution >= 4 is 71.1 Å². The molecule has 0 amide bonds. The van der Waals surface area contributed by atoms with Crippen molar-refractivity contribution in [3.8, 4) is 34.3 Å². The average Bonchev–Trinajstić information content (AvgIpc) is 3.90. The molecule has 0 fully saturated rings. The molecule has 3 heterocycles. The number of hydrogen-bond donors (Lipinski definition) is 0. The first kappa shape index (κ1) is 30.7. The molecule has 254 valence electrons. The monoisotopic (exact) mass is 699 g/mol. The zero-order chi connectivity index (χ0) is 36.6. The van der Waals surface area contributed by atoms with E-state index in [0.29, 0.717) is 11.3 Å². The minimum Gasteiger partial charge on any atom is -0.318 e. The maximum absolute atomic E-state index is 10.2. The van der Waals surface area contributed by atoms with E-state index in [-0.39, 0.29) is 0 Å². The van der Waals surface area contributed by atoms with Crippen molar-refractivity contribution in [1.29, 1.82) is 5.26 Å². The van der Waals surface area contributed by atoms with Crippen molar-refractivity contribution in [2.45, 2.75) is 0 Å². The summed E-state index contributed by atoms with van der Waals surface area (Å²) in [4.78, 5) is 3.94. The summed E-state index contributed by atoms with van der Waals surface area (Å²) in [5.74, 6) is 0. The molecule has 0 aliphatic heterocycles. The molecule has 0 saturated carbocycles. The van der Waals surface area contributed by atoms with Gasteiger partial charge in [-0.15, -0.1) is 0 Å². The molecule has 55 heavy (non-hydrogen) atoms. The van der Waals surface area contributed by atoms with Crippen molar-refractivity contribution < 1.29 is 0 Å². The first-order chi connectivity index (χ1) is 27.2.